The van der Waals surface area contributed by atoms with Crippen LogP contribution in [-0.4, -0.2) is 48.6 Å². The molecule has 0 bridgehead atoms. The summed E-state index contributed by atoms with van der Waals surface area (Å²) in [7, 11) is 0. The highest BCUT2D eigenvalue weighted by atomic mass is 19.2. The highest BCUT2D eigenvalue weighted by molar-refractivity contribution is 5.98. The van der Waals surface area contributed by atoms with Crippen molar-refractivity contribution in [3.05, 3.63) is 66.9 Å². The molecule has 4 heterocycles. The van der Waals surface area contributed by atoms with Gasteiger partial charge in [0.1, 0.15) is 17.8 Å². The molecule has 12 heteroatoms. The minimum absolute atomic E-state index is 0.0145. The number of amides is 1. The summed E-state index contributed by atoms with van der Waals surface area (Å²) in [5.74, 6) is -4.10. The maximum Gasteiger partial charge on any atom is 0.246 e. The summed E-state index contributed by atoms with van der Waals surface area (Å²) >= 11 is 0. The number of anilines is 1. The van der Waals surface area contributed by atoms with Crippen LogP contribution in [0.3, 0.4) is 0 Å². The smallest absolute Gasteiger partial charge is 0.246 e. The molecule has 1 atom stereocenters. The summed E-state index contributed by atoms with van der Waals surface area (Å²) in [5, 5.41) is 4.89. The van der Waals surface area contributed by atoms with Crippen LogP contribution in [0.2, 0.25) is 0 Å². The SMILES string of the molecule is C=CC(=O)N1CC[C@@H](n2nc(-c3ccc(Oc4cccc(F)c4F)nc3F)c3c(N)ncnc32)C1. The monoisotopic (exact) mass is 481 g/mol. The van der Waals surface area contributed by atoms with E-state index in [4.69, 9.17) is 10.5 Å². The Balaban J connectivity index is 1.53. The first-order valence-electron chi connectivity index (χ1n) is 10.6. The highest BCUT2D eigenvalue weighted by Crippen LogP contribution is 2.35. The highest BCUT2D eigenvalue weighted by Gasteiger charge is 2.30. The first-order chi connectivity index (χ1) is 16.9. The second kappa shape index (κ2) is 8.70. The van der Waals surface area contributed by atoms with Gasteiger partial charge in [-0.05, 0) is 30.7 Å². The Kier molecular flexibility index (Phi) is 5.55. The molecular formula is C23H18F3N7O2. The van der Waals surface area contributed by atoms with Gasteiger partial charge >= 0.3 is 0 Å². The van der Waals surface area contributed by atoms with Crippen molar-refractivity contribution in [1.29, 1.82) is 0 Å². The summed E-state index contributed by atoms with van der Waals surface area (Å²) in [6.45, 7) is 4.39. The lowest BCUT2D eigenvalue weighted by atomic mass is 10.1. The number of hydrogen-bond acceptors (Lipinski definition) is 7. The van der Waals surface area contributed by atoms with E-state index >= 15 is 4.39 Å². The van der Waals surface area contributed by atoms with Gasteiger partial charge in [-0.3, -0.25) is 4.79 Å². The van der Waals surface area contributed by atoms with Crippen LogP contribution in [0.1, 0.15) is 12.5 Å². The summed E-state index contributed by atoms with van der Waals surface area (Å²) in [6, 6.07) is 5.81. The average molecular weight is 481 g/mol. The molecule has 1 aliphatic rings. The van der Waals surface area contributed by atoms with Crippen LogP contribution in [0.25, 0.3) is 22.3 Å². The molecule has 178 valence electrons. The fourth-order valence-corrected chi connectivity index (χ4v) is 4.04. The molecule has 1 aliphatic heterocycles. The van der Waals surface area contributed by atoms with Gasteiger partial charge in [-0.1, -0.05) is 12.6 Å². The van der Waals surface area contributed by atoms with Crippen molar-refractivity contribution in [2.24, 2.45) is 0 Å². The molecule has 0 radical (unpaired) electrons. The minimum Gasteiger partial charge on any atom is -0.436 e. The molecule has 1 saturated heterocycles. The first-order valence-corrected chi connectivity index (χ1v) is 10.6. The Morgan fingerprint density at radius 2 is 2.03 bits per heavy atom. The van der Waals surface area contributed by atoms with E-state index in [0.29, 0.717) is 30.5 Å². The van der Waals surface area contributed by atoms with Crippen molar-refractivity contribution >= 4 is 22.8 Å². The van der Waals surface area contributed by atoms with Crippen molar-refractivity contribution < 1.29 is 22.7 Å². The number of nitrogens with zero attached hydrogens (tertiary/aromatic N) is 6. The number of ether oxygens (including phenoxy) is 1. The topological polar surface area (TPSA) is 112 Å². The first kappa shape index (κ1) is 22.3. The Hall–Kier alpha value is -4.48. The van der Waals surface area contributed by atoms with Gasteiger partial charge in [-0.15, -0.1) is 0 Å². The van der Waals surface area contributed by atoms with Gasteiger partial charge < -0.3 is 15.4 Å². The number of benzene rings is 1. The number of pyridine rings is 1. The molecule has 5 rings (SSSR count). The van der Waals surface area contributed by atoms with Crippen LogP contribution < -0.4 is 10.5 Å². The van der Waals surface area contributed by atoms with Gasteiger partial charge in [-0.2, -0.15) is 18.9 Å². The predicted octanol–water partition coefficient (Wildman–Crippen LogP) is 3.64. The van der Waals surface area contributed by atoms with Gasteiger partial charge in [0.05, 0.1) is 17.0 Å². The minimum atomic E-state index is -1.21. The molecule has 2 N–H and O–H groups in total. The summed E-state index contributed by atoms with van der Waals surface area (Å²) in [4.78, 5) is 25.7. The molecule has 35 heavy (non-hydrogen) atoms. The number of halogens is 3. The van der Waals surface area contributed by atoms with E-state index in [2.05, 4.69) is 26.6 Å². The lowest BCUT2D eigenvalue weighted by Gasteiger charge is -2.14. The largest absolute Gasteiger partial charge is 0.436 e. The third-order valence-corrected chi connectivity index (χ3v) is 5.72. The Morgan fingerprint density at radius 3 is 2.80 bits per heavy atom. The lowest BCUT2D eigenvalue weighted by Crippen LogP contribution is -2.27. The van der Waals surface area contributed by atoms with E-state index in [0.717, 1.165) is 6.07 Å². The molecule has 1 aromatic carbocycles. The fraction of sp³-hybridized carbons (Fsp3) is 0.174. The van der Waals surface area contributed by atoms with E-state index in [1.165, 1.54) is 36.7 Å². The van der Waals surface area contributed by atoms with Crippen LogP contribution in [0.15, 0.2) is 49.3 Å². The molecular weight excluding hydrogens is 463 g/mol. The fourth-order valence-electron chi connectivity index (χ4n) is 4.04. The van der Waals surface area contributed by atoms with E-state index in [1.54, 1.807) is 9.58 Å². The van der Waals surface area contributed by atoms with Crippen LogP contribution in [0.5, 0.6) is 11.6 Å². The summed E-state index contributed by atoms with van der Waals surface area (Å²) in [6.07, 6.45) is 3.13. The van der Waals surface area contributed by atoms with Crippen molar-refractivity contribution in [2.75, 3.05) is 18.8 Å². The molecule has 0 aliphatic carbocycles. The number of fused-ring (bicyclic) bond motifs is 1. The standard InChI is InChI=1S/C23H18F3N7O2/c1-2-17(34)32-9-8-12(10-32)33-23-18(22(27)28-11-29-23)20(31-33)13-6-7-16(30-21(13)26)35-15-5-3-4-14(24)19(15)25/h2-7,11-12H,1,8-10H2,(H2,27,28,29)/t12-/m1/s1. The van der Waals surface area contributed by atoms with Crippen molar-refractivity contribution in [3.8, 4) is 22.9 Å². The predicted molar refractivity (Wildman–Crippen MR) is 120 cm³/mol. The number of aromatic nitrogens is 5. The number of carbonyl (C=O) groups is 1. The van der Waals surface area contributed by atoms with Gasteiger partial charge in [0.2, 0.25) is 23.6 Å². The van der Waals surface area contributed by atoms with Crippen LogP contribution in [0, 0.1) is 17.6 Å². The quantitative estimate of drug-likeness (QED) is 0.342. The second-order valence-corrected chi connectivity index (χ2v) is 7.82. The summed E-state index contributed by atoms with van der Waals surface area (Å²) in [5.41, 5.74) is 6.61. The molecule has 3 aromatic heterocycles. The normalized spacial score (nSPS) is 15.5. The second-order valence-electron chi connectivity index (χ2n) is 7.82. The number of nitrogens with two attached hydrogens (primary N) is 1. The molecule has 1 fully saturated rings. The van der Waals surface area contributed by atoms with Gasteiger partial charge in [-0.25, -0.2) is 19.0 Å². The Bertz CT molecular complexity index is 1470. The number of rotatable bonds is 5. The molecule has 1 amide bonds. The zero-order chi connectivity index (χ0) is 24.7. The van der Waals surface area contributed by atoms with Gasteiger partial charge in [0.15, 0.2) is 17.2 Å². The number of nitrogen functional groups attached to an aromatic ring is 1. The molecule has 0 saturated carbocycles. The maximum absolute atomic E-state index is 15.1. The maximum atomic E-state index is 15.1. The Morgan fingerprint density at radius 1 is 1.20 bits per heavy atom. The third-order valence-electron chi connectivity index (χ3n) is 5.72. The van der Waals surface area contributed by atoms with Gasteiger partial charge in [0.25, 0.3) is 0 Å². The van der Waals surface area contributed by atoms with Crippen LogP contribution in [0.4, 0.5) is 19.0 Å². The lowest BCUT2D eigenvalue weighted by molar-refractivity contribution is -0.125. The number of hydrogen-bond donors (Lipinski definition) is 1. The van der Waals surface area contributed by atoms with Crippen molar-refractivity contribution in [3.63, 3.8) is 0 Å². The van der Waals surface area contributed by atoms with E-state index in [1.807, 2.05) is 0 Å². The zero-order valence-electron chi connectivity index (χ0n) is 18.2. The van der Waals surface area contributed by atoms with Crippen LogP contribution >= 0.6 is 0 Å². The van der Waals surface area contributed by atoms with Crippen molar-refractivity contribution in [2.45, 2.75) is 12.5 Å². The molecule has 0 unspecified atom stereocenters. The van der Waals surface area contributed by atoms with Crippen molar-refractivity contribution in [1.82, 2.24) is 29.6 Å². The number of carbonyl (C=O) groups excluding carboxylic acids is 1. The molecule has 0 spiro atoms. The zero-order valence-corrected chi connectivity index (χ0v) is 18.2. The van der Waals surface area contributed by atoms with E-state index in [-0.39, 0.29) is 34.9 Å². The number of likely N-dealkylation sites (tertiary alicyclic amines) is 1. The molecule has 4 aromatic rings. The molecule has 9 nitrogen and oxygen atoms in total. The summed E-state index contributed by atoms with van der Waals surface area (Å²) < 4.78 is 49.3. The van der Waals surface area contributed by atoms with Gasteiger partial charge in [0, 0.05) is 19.2 Å². The third kappa shape index (κ3) is 3.92. The van der Waals surface area contributed by atoms with E-state index in [9.17, 15) is 13.6 Å². The Labute approximate surface area is 196 Å². The average Bonchev–Trinajstić information content (AvgIpc) is 3.48. The van der Waals surface area contributed by atoms with E-state index < -0.39 is 23.3 Å². The van der Waals surface area contributed by atoms with Crippen LogP contribution in [-0.2, 0) is 4.79 Å².